The first-order valence-corrected chi connectivity index (χ1v) is 9.31. The molecule has 1 heterocycles. The van der Waals surface area contributed by atoms with Crippen LogP contribution in [0.4, 0.5) is 0 Å². The summed E-state index contributed by atoms with van der Waals surface area (Å²) in [5, 5.41) is 2.86. The molecule has 128 valence electrons. The molecule has 0 saturated carbocycles. The molecular weight excluding hydrogens is 316 g/mol. The molecule has 1 N–H and O–H groups in total. The van der Waals surface area contributed by atoms with Crippen LogP contribution in [0.3, 0.4) is 0 Å². The van der Waals surface area contributed by atoms with Crippen LogP contribution in [0.5, 0.6) is 0 Å². The molecule has 1 fully saturated rings. The van der Waals surface area contributed by atoms with E-state index in [2.05, 4.69) is 5.32 Å². The van der Waals surface area contributed by atoms with Gasteiger partial charge in [0.15, 0.2) is 0 Å². The maximum atomic E-state index is 12.6. The highest BCUT2D eigenvalue weighted by Crippen LogP contribution is 2.19. The number of amides is 1. The lowest BCUT2D eigenvalue weighted by Gasteiger charge is -2.30. The fraction of sp³-hybridized carbons (Fsp3) is 0.562. The number of carbonyl (C=O) groups excluding carboxylic acids is 1. The molecular formula is C16H24N2O4S. The van der Waals surface area contributed by atoms with Crippen molar-refractivity contribution < 1.29 is 17.9 Å². The van der Waals surface area contributed by atoms with E-state index < -0.39 is 10.0 Å². The van der Waals surface area contributed by atoms with Gasteiger partial charge < -0.3 is 10.1 Å². The van der Waals surface area contributed by atoms with Gasteiger partial charge in [0.2, 0.25) is 10.0 Å². The van der Waals surface area contributed by atoms with Crippen molar-refractivity contribution in [2.24, 2.45) is 0 Å². The van der Waals surface area contributed by atoms with Crippen molar-refractivity contribution in [1.29, 1.82) is 0 Å². The van der Waals surface area contributed by atoms with Crippen LogP contribution in [0.15, 0.2) is 29.2 Å². The second-order valence-corrected chi connectivity index (χ2v) is 7.79. The van der Waals surface area contributed by atoms with Crippen molar-refractivity contribution >= 4 is 15.9 Å². The Labute approximate surface area is 137 Å². The van der Waals surface area contributed by atoms with Gasteiger partial charge in [-0.2, -0.15) is 4.31 Å². The van der Waals surface area contributed by atoms with E-state index in [4.69, 9.17) is 4.74 Å². The summed E-state index contributed by atoms with van der Waals surface area (Å²) in [6.07, 6.45) is 0.729. The zero-order chi connectivity index (χ0) is 17.0. The van der Waals surface area contributed by atoms with Crippen molar-refractivity contribution in [1.82, 2.24) is 9.62 Å². The zero-order valence-corrected chi connectivity index (χ0v) is 14.6. The number of rotatable bonds is 5. The van der Waals surface area contributed by atoms with Gasteiger partial charge in [-0.25, -0.2) is 8.42 Å². The van der Waals surface area contributed by atoms with Crippen molar-refractivity contribution in [3.63, 3.8) is 0 Å². The molecule has 1 aliphatic rings. The minimum Gasteiger partial charge on any atom is -0.376 e. The van der Waals surface area contributed by atoms with Gasteiger partial charge in [0.1, 0.15) is 0 Å². The number of morpholine rings is 1. The van der Waals surface area contributed by atoms with E-state index in [1.807, 2.05) is 20.8 Å². The number of benzene rings is 1. The Morgan fingerprint density at radius 3 is 2.61 bits per heavy atom. The Hall–Kier alpha value is -1.44. The monoisotopic (exact) mass is 340 g/mol. The van der Waals surface area contributed by atoms with Gasteiger partial charge >= 0.3 is 0 Å². The van der Waals surface area contributed by atoms with Crippen molar-refractivity contribution in [2.45, 2.75) is 44.2 Å². The number of nitrogens with one attached hydrogen (secondary N) is 1. The van der Waals surface area contributed by atoms with Crippen LogP contribution in [0, 0.1) is 0 Å². The molecule has 0 aliphatic carbocycles. The van der Waals surface area contributed by atoms with E-state index in [-0.39, 0.29) is 22.9 Å². The molecule has 1 aliphatic heterocycles. The van der Waals surface area contributed by atoms with Crippen molar-refractivity contribution in [3.05, 3.63) is 29.8 Å². The number of sulfonamides is 1. The number of hydrogen-bond acceptors (Lipinski definition) is 4. The van der Waals surface area contributed by atoms with E-state index >= 15 is 0 Å². The van der Waals surface area contributed by atoms with Crippen LogP contribution >= 0.6 is 0 Å². The molecule has 6 nitrogen and oxygen atoms in total. The third-order valence-corrected chi connectivity index (χ3v) is 5.83. The van der Waals surface area contributed by atoms with E-state index in [1.54, 1.807) is 12.1 Å². The summed E-state index contributed by atoms with van der Waals surface area (Å²) < 4.78 is 32.0. The van der Waals surface area contributed by atoms with Crippen molar-refractivity contribution in [2.75, 3.05) is 19.7 Å². The fourth-order valence-corrected chi connectivity index (χ4v) is 3.84. The van der Waals surface area contributed by atoms with Gasteiger partial charge in [0, 0.05) is 24.7 Å². The standard InChI is InChI=1S/C16H24N2O4S/c1-4-12(2)17-16(19)14-5-7-15(8-6-14)23(20,21)18-9-10-22-13(3)11-18/h5-8,12-13H,4,9-11H2,1-3H3,(H,17,19). The molecule has 23 heavy (non-hydrogen) atoms. The van der Waals surface area contributed by atoms with Gasteiger partial charge in [0.25, 0.3) is 5.91 Å². The maximum absolute atomic E-state index is 12.6. The van der Waals surface area contributed by atoms with Gasteiger partial charge in [-0.15, -0.1) is 0 Å². The largest absolute Gasteiger partial charge is 0.376 e. The van der Waals surface area contributed by atoms with Gasteiger partial charge in [0.05, 0.1) is 17.6 Å². The predicted molar refractivity (Wildman–Crippen MR) is 87.8 cm³/mol. The minimum absolute atomic E-state index is 0.0840. The van der Waals surface area contributed by atoms with Gasteiger partial charge in [-0.1, -0.05) is 6.92 Å². The molecule has 1 aromatic rings. The highest BCUT2D eigenvalue weighted by Gasteiger charge is 2.29. The maximum Gasteiger partial charge on any atom is 0.251 e. The average Bonchev–Trinajstić information content (AvgIpc) is 2.54. The Balaban J connectivity index is 2.13. The van der Waals surface area contributed by atoms with Crippen LogP contribution in [-0.2, 0) is 14.8 Å². The summed E-state index contributed by atoms with van der Waals surface area (Å²) in [6, 6.07) is 6.16. The quantitative estimate of drug-likeness (QED) is 0.884. The Bertz CT molecular complexity index is 643. The summed E-state index contributed by atoms with van der Waals surface area (Å²) in [6.45, 7) is 6.86. The molecule has 2 unspecified atom stereocenters. The molecule has 7 heteroatoms. The van der Waals surface area contributed by atoms with Crippen molar-refractivity contribution in [3.8, 4) is 0 Å². The lowest BCUT2D eigenvalue weighted by Crippen LogP contribution is -2.44. The molecule has 0 aromatic heterocycles. The van der Waals surface area contributed by atoms with E-state index in [0.717, 1.165) is 6.42 Å². The Morgan fingerprint density at radius 1 is 1.39 bits per heavy atom. The van der Waals surface area contributed by atoms with E-state index in [1.165, 1.54) is 16.4 Å². The highest BCUT2D eigenvalue weighted by molar-refractivity contribution is 7.89. The number of hydrogen-bond donors (Lipinski definition) is 1. The first kappa shape index (κ1) is 17.9. The highest BCUT2D eigenvalue weighted by atomic mass is 32.2. The van der Waals surface area contributed by atoms with Gasteiger partial charge in [-0.3, -0.25) is 4.79 Å². The summed E-state index contributed by atoms with van der Waals surface area (Å²) in [7, 11) is -3.54. The zero-order valence-electron chi connectivity index (χ0n) is 13.8. The van der Waals surface area contributed by atoms with Crippen LogP contribution in [0.1, 0.15) is 37.6 Å². The number of nitrogens with zero attached hydrogens (tertiary/aromatic N) is 1. The number of carbonyl (C=O) groups is 1. The molecule has 1 aromatic carbocycles. The van der Waals surface area contributed by atoms with Crippen LogP contribution in [0.25, 0.3) is 0 Å². The third kappa shape index (κ3) is 4.31. The second-order valence-electron chi connectivity index (χ2n) is 5.85. The fourth-order valence-electron chi connectivity index (χ4n) is 2.34. The molecule has 2 atom stereocenters. The first-order chi connectivity index (χ1) is 10.8. The Kier molecular flexibility index (Phi) is 5.78. The number of ether oxygens (including phenoxy) is 1. The molecule has 0 spiro atoms. The summed E-state index contributed by atoms with van der Waals surface area (Å²) in [5.74, 6) is -0.191. The summed E-state index contributed by atoms with van der Waals surface area (Å²) in [4.78, 5) is 12.2. The molecule has 0 bridgehead atoms. The molecule has 2 rings (SSSR count). The lowest BCUT2D eigenvalue weighted by atomic mass is 10.2. The smallest absolute Gasteiger partial charge is 0.251 e. The molecule has 1 saturated heterocycles. The first-order valence-electron chi connectivity index (χ1n) is 7.87. The molecule has 0 radical (unpaired) electrons. The SMILES string of the molecule is CCC(C)NC(=O)c1ccc(S(=O)(=O)N2CCOC(C)C2)cc1. The minimum atomic E-state index is -3.54. The van der Waals surface area contributed by atoms with E-state index in [9.17, 15) is 13.2 Å². The van der Waals surface area contributed by atoms with Gasteiger partial charge in [-0.05, 0) is 44.5 Å². The van der Waals surface area contributed by atoms with Crippen LogP contribution in [0.2, 0.25) is 0 Å². The average molecular weight is 340 g/mol. The molecule has 1 amide bonds. The predicted octanol–water partition coefficient (Wildman–Crippen LogP) is 1.62. The lowest BCUT2D eigenvalue weighted by molar-refractivity contribution is 0.0102. The summed E-state index contributed by atoms with van der Waals surface area (Å²) >= 11 is 0. The third-order valence-electron chi connectivity index (χ3n) is 3.95. The normalized spacial score (nSPS) is 20.9. The topological polar surface area (TPSA) is 75.7 Å². The van der Waals surface area contributed by atoms with Crippen LogP contribution in [-0.4, -0.2) is 50.5 Å². The summed E-state index contributed by atoms with van der Waals surface area (Å²) in [5.41, 5.74) is 0.458. The Morgan fingerprint density at radius 2 is 2.04 bits per heavy atom. The van der Waals surface area contributed by atoms with Crippen LogP contribution < -0.4 is 5.32 Å². The second kappa shape index (κ2) is 7.42. The van der Waals surface area contributed by atoms with E-state index in [0.29, 0.717) is 25.3 Å².